The lowest BCUT2D eigenvalue weighted by Crippen LogP contribution is -2.35. The van der Waals surface area contributed by atoms with Gasteiger partial charge in [-0.15, -0.1) is 0 Å². The molecule has 1 fully saturated rings. The van der Waals surface area contributed by atoms with Crippen LogP contribution in [0, 0.1) is 12.8 Å². The summed E-state index contributed by atoms with van der Waals surface area (Å²) in [5.74, 6) is 2.01. The van der Waals surface area contributed by atoms with Crippen molar-refractivity contribution < 1.29 is 9.26 Å². The Hall–Kier alpha value is -1.66. The zero-order valence-electron chi connectivity index (χ0n) is 14.6. The summed E-state index contributed by atoms with van der Waals surface area (Å²) in [7, 11) is 0. The van der Waals surface area contributed by atoms with Gasteiger partial charge in [-0.1, -0.05) is 5.16 Å². The van der Waals surface area contributed by atoms with Crippen molar-refractivity contribution >= 4 is 0 Å². The molecule has 0 N–H and O–H groups in total. The van der Waals surface area contributed by atoms with Gasteiger partial charge >= 0.3 is 0 Å². The molecule has 1 aliphatic carbocycles. The van der Waals surface area contributed by atoms with Crippen molar-refractivity contribution in [2.45, 2.75) is 52.2 Å². The van der Waals surface area contributed by atoms with E-state index in [0.29, 0.717) is 5.92 Å². The Kier molecular flexibility index (Phi) is 4.41. The van der Waals surface area contributed by atoms with Crippen LogP contribution in [0.1, 0.15) is 48.4 Å². The quantitative estimate of drug-likeness (QED) is 0.781. The Balaban J connectivity index is 1.46. The SMILES string of the molecule is CCn1cc2c(n1)[C@@H](COCC1CC1)CN(Cc1cc(C)on1)C2. The molecule has 0 unspecified atom stereocenters. The molecule has 0 spiro atoms. The number of ether oxygens (including phenoxy) is 1. The topological polar surface area (TPSA) is 56.3 Å². The lowest BCUT2D eigenvalue weighted by atomic mass is 9.97. The fourth-order valence-electron chi connectivity index (χ4n) is 3.44. The standard InChI is InChI=1S/C18H26N4O2/c1-3-22-9-15-7-21(10-17-6-13(2)24-20-17)8-16(18(15)19-22)12-23-11-14-4-5-14/h6,9,14,16H,3-5,7-8,10-12H2,1-2H3/t16-/m1/s1. The molecule has 1 saturated carbocycles. The van der Waals surface area contributed by atoms with Gasteiger partial charge in [-0.05, 0) is 32.6 Å². The third-order valence-corrected chi connectivity index (χ3v) is 4.89. The van der Waals surface area contributed by atoms with Crippen molar-refractivity contribution in [1.29, 1.82) is 0 Å². The first-order valence-electron chi connectivity index (χ1n) is 8.99. The van der Waals surface area contributed by atoms with Crippen LogP contribution in [0.2, 0.25) is 0 Å². The fourth-order valence-corrected chi connectivity index (χ4v) is 3.44. The van der Waals surface area contributed by atoms with E-state index in [0.717, 1.165) is 56.8 Å². The lowest BCUT2D eigenvalue weighted by molar-refractivity contribution is 0.0876. The van der Waals surface area contributed by atoms with Gasteiger partial charge < -0.3 is 9.26 Å². The number of aryl methyl sites for hydroxylation is 2. The van der Waals surface area contributed by atoms with Crippen LogP contribution in [-0.2, 0) is 24.4 Å². The summed E-state index contributed by atoms with van der Waals surface area (Å²) < 4.78 is 13.2. The van der Waals surface area contributed by atoms with E-state index in [1.54, 1.807) is 0 Å². The van der Waals surface area contributed by atoms with Crippen molar-refractivity contribution in [3.63, 3.8) is 0 Å². The molecular formula is C18H26N4O2. The van der Waals surface area contributed by atoms with E-state index in [9.17, 15) is 0 Å². The summed E-state index contributed by atoms with van der Waals surface area (Å²) in [6.07, 6.45) is 4.85. The Morgan fingerprint density at radius 2 is 2.21 bits per heavy atom. The van der Waals surface area contributed by atoms with E-state index in [4.69, 9.17) is 14.4 Å². The first kappa shape index (κ1) is 15.8. The van der Waals surface area contributed by atoms with Crippen LogP contribution in [0.15, 0.2) is 16.8 Å². The molecule has 4 rings (SSSR count). The van der Waals surface area contributed by atoms with Crippen LogP contribution in [0.25, 0.3) is 0 Å². The largest absolute Gasteiger partial charge is 0.380 e. The monoisotopic (exact) mass is 330 g/mol. The van der Waals surface area contributed by atoms with Crippen LogP contribution < -0.4 is 0 Å². The summed E-state index contributed by atoms with van der Waals surface area (Å²) >= 11 is 0. The molecule has 1 atom stereocenters. The Morgan fingerprint density at radius 3 is 2.92 bits per heavy atom. The van der Waals surface area contributed by atoms with Crippen LogP contribution in [0.4, 0.5) is 0 Å². The maximum atomic E-state index is 5.99. The van der Waals surface area contributed by atoms with Crippen molar-refractivity contribution in [3.05, 3.63) is 35.0 Å². The lowest BCUT2D eigenvalue weighted by Gasteiger charge is -2.31. The Labute approximate surface area is 142 Å². The second kappa shape index (κ2) is 6.69. The second-order valence-electron chi connectivity index (χ2n) is 7.17. The van der Waals surface area contributed by atoms with Crippen LogP contribution >= 0.6 is 0 Å². The molecule has 2 aliphatic rings. The van der Waals surface area contributed by atoms with Gasteiger partial charge in [0, 0.05) is 56.5 Å². The number of rotatable bonds is 7. The number of fused-ring (bicyclic) bond motifs is 1. The fraction of sp³-hybridized carbons (Fsp3) is 0.667. The van der Waals surface area contributed by atoms with E-state index < -0.39 is 0 Å². The third kappa shape index (κ3) is 3.54. The van der Waals surface area contributed by atoms with E-state index in [1.165, 1.54) is 24.1 Å². The summed E-state index contributed by atoms with van der Waals surface area (Å²) in [5, 5.41) is 8.92. The molecule has 2 aromatic rings. The summed E-state index contributed by atoms with van der Waals surface area (Å²) in [6.45, 7) is 9.34. The van der Waals surface area contributed by atoms with E-state index in [-0.39, 0.29) is 0 Å². The molecule has 6 heteroatoms. The zero-order valence-corrected chi connectivity index (χ0v) is 14.6. The minimum Gasteiger partial charge on any atom is -0.380 e. The molecule has 6 nitrogen and oxygen atoms in total. The second-order valence-corrected chi connectivity index (χ2v) is 7.17. The normalized spacial score (nSPS) is 21.2. The van der Waals surface area contributed by atoms with Gasteiger partial charge in [-0.3, -0.25) is 9.58 Å². The van der Waals surface area contributed by atoms with E-state index in [1.807, 2.05) is 17.7 Å². The first-order valence-corrected chi connectivity index (χ1v) is 8.99. The number of hydrogen-bond acceptors (Lipinski definition) is 5. The van der Waals surface area contributed by atoms with Gasteiger partial charge in [-0.25, -0.2) is 0 Å². The number of nitrogens with zero attached hydrogens (tertiary/aromatic N) is 4. The number of aromatic nitrogens is 3. The maximum absolute atomic E-state index is 5.99. The molecule has 2 aromatic heterocycles. The average molecular weight is 330 g/mol. The summed E-state index contributed by atoms with van der Waals surface area (Å²) in [4.78, 5) is 2.42. The predicted octanol–water partition coefficient (Wildman–Crippen LogP) is 2.73. The Bertz CT molecular complexity index is 689. The van der Waals surface area contributed by atoms with Crippen molar-refractivity contribution in [3.8, 4) is 0 Å². The molecular weight excluding hydrogens is 304 g/mol. The predicted molar refractivity (Wildman–Crippen MR) is 89.5 cm³/mol. The molecule has 0 radical (unpaired) electrons. The molecule has 1 aliphatic heterocycles. The molecule has 130 valence electrons. The highest BCUT2D eigenvalue weighted by Crippen LogP contribution is 2.31. The van der Waals surface area contributed by atoms with Gasteiger partial charge in [0.15, 0.2) is 0 Å². The van der Waals surface area contributed by atoms with Gasteiger partial charge in [0.2, 0.25) is 0 Å². The minimum absolute atomic E-state index is 0.341. The summed E-state index contributed by atoms with van der Waals surface area (Å²) in [6, 6.07) is 2.02. The van der Waals surface area contributed by atoms with Crippen LogP contribution in [0.3, 0.4) is 0 Å². The number of hydrogen-bond donors (Lipinski definition) is 0. The van der Waals surface area contributed by atoms with Crippen molar-refractivity contribution in [2.75, 3.05) is 19.8 Å². The molecule has 24 heavy (non-hydrogen) atoms. The average Bonchev–Trinajstić information content (AvgIpc) is 3.15. The highest BCUT2D eigenvalue weighted by atomic mass is 16.5. The molecule has 3 heterocycles. The van der Waals surface area contributed by atoms with Crippen molar-refractivity contribution in [2.24, 2.45) is 5.92 Å². The summed E-state index contributed by atoms with van der Waals surface area (Å²) in [5.41, 5.74) is 3.54. The van der Waals surface area contributed by atoms with E-state index >= 15 is 0 Å². The van der Waals surface area contributed by atoms with Gasteiger partial charge in [0.25, 0.3) is 0 Å². The molecule has 0 amide bonds. The molecule has 0 aromatic carbocycles. The van der Waals surface area contributed by atoms with Crippen LogP contribution in [0.5, 0.6) is 0 Å². The highest BCUT2D eigenvalue weighted by molar-refractivity contribution is 5.25. The molecule has 0 bridgehead atoms. The maximum Gasteiger partial charge on any atom is 0.133 e. The zero-order chi connectivity index (χ0) is 16.5. The van der Waals surface area contributed by atoms with Crippen molar-refractivity contribution in [1.82, 2.24) is 19.8 Å². The first-order chi connectivity index (χ1) is 11.7. The van der Waals surface area contributed by atoms with Crippen LogP contribution in [-0.4, -0.2) is 39.6 Å². The van der Waals surface area contributed by atoms with Gasteiger partial charge in [0.05, 0.1) is 18.0 Å². The minimum atomic E-state index is 0.341. The molecule has 0 saturated heterocycles. The third-order valence-electron chi connectivity index (χ3n) is 4.89. The van der Waals surface area contributed by atoms with Gasteiger partial charge in [-0.2, -0.15) is 5.10 Å². The highest BCUT2D eigenvalue weighted by Gasteiger charge is 2.30. The van der Waals surface area contributed by atoms with Gasteiger partial charge in [0.1, 0.15) is 5.76 Å². The van der Waals surface area contributed by atoms with E-state index in [2.05, 4.69) is 23.2 Å². The Morgan fingerprint density at radius 1 is 1.33 bits per heavy atom. The smallest absolute Gasteiger partial charge is 0.133 e.